The first-order chi connectivity index (χ1) is 8.28. The first kappa shape index (κ1) is 14.3. The molecule has 0 aliphatic rings. The zero-order valence-electron chi connectivity index (χ0n) is 8.84. The van der Waals surface area contributed by atoms with E-state index >= 15 is 0 Å². The summed E-state index contributed by atoms with van der Waals surface area (Å²) >= 11 is -0.620. The maximum absolute atomic E-state index is 13.4. The summed E-state index contributed by atoms with van der Waals surface area (Å²) in [6.45, 7) is 0. The Hall–Kier alpha value is -1.75. The van der Waals surface area contributed by atoms with Crippen LogP contribution >= 0.6 is 11.8 Å². The molecule has 0 heterocycles. The van der Waals surface area contributed by atoms with Crippen molar-refractivity contribution >= 4 is 17.7 Å². The minimum Gasteiger partial charge on any atom is -0.465 e. The van der Waals surface area contributed by atoms with Gasteiger partial charge in [-0.2, -0.15) is 18.4 Å². The van der Waals surface area contributed by atoms with Crippen LogP contribution in [0.3, 0.4) is 0 Å². The van der Waals surface area contributed by atoms with Crippen LogP contribution in [-0.2, 0) is 4.74 Å². The molecule has 1 rings (SSSR count). The molecule has 0 aliphatic carbocycles. The predicted molar refractivity (Wildman–Crippen MR) is 54.4 cm³/mol. The lowest BCUT2D eigenvalue weighted by Crippen LogP contribution is -2.07. The molecule has 0 spiro atoms. The minimum absolute atomic E-state index is 0.445. The second kappa shape index (κ2) is 5.27. The van der Waals surface area contributed by atoms with Gasteiger partial charge in [0.25, 0.3) is 0 Å². The number of methoxy groups -OCH3 is 1. The molecule has 18 heavy (non-hydrogen) atoms. The van der Waals surface area contributed by atoms with E-state index in [4.69, 9.17) is 5.26 Å². The molecule has 0 saturated carbocycles. The molecule has 0 radical (unpaired) electrons. The molecule has 0 N–H and O–H groups in total. The van der Waals surface area contributed by atoms with Gasteiger partial charge in [0.15, 0.2) is 0 Å². The van der Waals surface area contributed by atoms with E-state index in [-0.39, 0.29) is 0 Å². The predicted octanol–water partition coefficient (Wildman–Crippen LogP) is 3.10. The van der Waals surface area contributed by atoms with Crippen molar-refractivity contribution < 1.29 is 27.1 Å². The van der Waals surface area contributed by atoms with Crippen LogP contribution in [0.15, 0.2) is 17.0 Å². The molecule has 0 fully saturated rings. The monoisotopic (exact) mass is 279 g/mol. The van der Waals surface area contributed by atoms with Crippen molar-refractivity contribution in [1.82, 2.24) is 0 Å². The van der Waals surface area contributed by atoms with Gasteiger partial charge in [0, 0.05) is 4.90 Å². The molecular weight excluding hydrogens is 274 g/mol. The Morgan fingerprint density at radius 2 is 2.06 bits per heavy atom. The third kappa shape index (κ3) is 3.37. The van der Waals surface area contributed by atoms with E-state index in [2.05, 4.69) is 4.74 Å². The normalized spacial score (nSPS) is 10.9. The Morgan fingerprint density at radius 1 is 1.44 bits per heavy atom. The SMILES string of the molecule is COC(=O)c1cc(C#N)c(SC(F)(F)F)cc1F. The zero-order chi connectivity index (χ0) is 13.9. The maximum Gasteiger partial charge on any atom is 0.446 e. The third-order valence-corrected chi connectivity index (χ3v) is 2.61. The van der Waals surface area contributed by atoms with Gasteiger partial charge >= 0.3 is 11.5 Å². The molecule has 0 unspecified atom stereocenters. The lowest BCUT2D eigenvalue weighted by atomic mass is 10.1. The molecule has 0 bridgehead atoms. The summed E-state index contributed by atoms with van der Waals surface area (Å²) in [6, 6.07) is 2.69. The van der Waals surface area contributed by atoms with Crippen LogP contribution in [0.4, 0.5) is 17.6 Å². The Bertz CT molecular complexity index is 522. The van der Waals surface area contributed by atoms with Crippen molar-refractivity contribution in [2.75, 3.05) is 7.11 Å². The lowest BCUT2D eigenvalue weighted by molar-refractivity contribution is -0.0328. The van der Waals surface area contributed by atoms with E-state index in [1.807, 2.05) is 0 Å². The number of esters is 1. The number of hydrogen-bond acceptors (Lipinski definition) is 4. The number of hydrogen-bond donors (Lipinski definition) is 0. The number of alkyl halides is 3. The van der Waals surface area contributed by atoms with E-state index in [9.17, 15) is 22.4 Å². The zero-order valence-corrected chi connectivity index (χ0v) is 9.66. The first-order valence-corrected chi connectivity index (χ1v) is 5.18. The molecule has 0 amide bonds. The molecule has 3 nitrogen and oxygen atoms in total. The van der Waals surface area contributed by atoms with Gasteiger partial charge in [-0.1, -0.05) is 0 Å². The van der Waals surface area contributed by atoms with Crippen molar-refractivity contribution in [3.63, 3.8) is 0 Å². The standard InChI is InChI=1S/C10H5F4NO2S/c1-17-9(16)6-2-5(4-15)8(3-7(6)11)18-10(12,13)14/h2-3H,1H3. The van der Waals surface area contributed by atoms with E-state index in [0.717, 1.165) is 13.2 Å². The molecule has 1 aromatic rings. The Labute approximate surface area is 103 Å². The van der Waals surface area contributed by atoms with Crippen LogP contribution in [0.1, 0.15) is 15.9 Å². The highest BCUT2D eigenvalue weighted by atomic mass is 32.2. The average molecular weight is 279 g/mol. The first-order valence-electron chi connectivity index (χ1n) is 4.36. The number of benzene rings is 1. The summed E-state index contributed by atoms with van der Waals surface area (Å²) in [7, 11) is 0.992. The fraction of sp³-hybridized carbons (Fsp3) is 0.200. The Morgan fingerprint density at radius 3 is 2.50 bits per heavy atom. The van der Waals surface area contributed by atoms with Crippen LogP contribution in [0, 0.1) is 17.1 Å². The van der Waals surface area contributed by atoms with Crippen LogP contribution in [0.2, 0.25) is 0 Å². The van der Waals surface area contributed by atoms with Gasteiger partial charge in [0.1, 0.15) is 11.9 Å². The summed E-state index contributed by atoms with van der Waals surface area (Å²) in [5, 5.41) is 8.68. The number of halogens is 4. The quantitative estimate of drug-likeness (QED) is 0.474. The van der Waals surface area contributed by atoms with Crippen molar-refractivity contribution in [3.05, 3.63) is 29.1 Å². The van der Waals surface area contributed by atoms with E-state index < -0.39 is 45.1 Å². The summed E-state index contributed by atoms with van der Waals surface area (Å²) in [5.74, 6) is -2.24. The Balaban J connectivity index is 3.28. The van der Waals surface area contributed by atoms with Gasteiger partial charge in [-0.3, -0.25) is 0 Å². The molecule has 0 aromatic heterocycles. The number of carbonyl (C=O) groups is 1. The number of thioether (sulfide) groups is 1. The highest BCUT2D eigenvalue weighted by molar-refractivity contribution is 8.00. The third-order valence-electron chi connectivity index (χ3n) is 1.82. The molecule has 1 aromatic carbocycles. The number of rotatable bonds is 2. The fourth-order valence-electron chi connectivity index (χ4n) is 1.12. The van der Waals surface area contributed by atoms with Crippen molar-refractivity contribution in [2.24, 2.45) is 0 Å². The topological polar surface area (TPSA) is 50.1 Å². The van der Waals surface area contributed by atoms with E-state index in [1.54, 1.807) is 0 Å². The van der Waals surface area contributed by atoms with Gasteiger partial charge in [0.05, 0.1) is 18.2 Å². The maximum atomic E-state index is 13.4. The number of carbonyl (C=O) groups excluding carboxylic acids is 1. The lowest BCUT2D eigenvalue weighted by Gasteiger charge is -2.09. The molecule has 0 aliphatic heterocycles. The smallest absolute Gasteiger partial charge is 0.446 e. The molecule has 0 atom stereocenters. The number of nitriles is 1. The van der Waals surface area contributed by atoms with E-state index in [1.165, 1.54) is 6.07 Å². The second-order valence-corrected chi connectivity index (χ2v) is 4.09. The van der Waals surface area contributed by atoms with Crippen LogP contribution < -0.4 is 0 Å². The average Bonchev–Trinajstić information content (AvgIpc) is 2.26. The van der Waals surface area contributed by atoms with Crippen LogP contribution in [0.25, 0.3) is 0 Å². The van der Waals surface area contributed by atoms with Crippen molar-refractivity contribution in [2.45, 2.75) is 10.4 Å². The van der Waals surface area contributed by atoms with Crippen molar-refractivity contribution in [1.29, 1.82) is 5.26 Å². The summed E-state index contributed by atoms with van der Waals surface area (Å²) in [4.78, 5) is 10.5. The molecule has 8 heteroatoms. The number of ether oxygens (including phenoxy) is 1. The highest BCUT2D eigenvalue weighted by Crippen LogP contribution is 2.39. The van der Waals surface area contributed by atoms with E-state index in [0.29, 0.717) is 6.07 Å². The van der Waals surface area contributed by atoms with Gasteiger partial charge in [-0.05, 0) is 23.9 Å². The summed E-state index contributed by atoms with van der Waals surface area (Å²) in [6.07, 6.45) is 0. The summed E-state index contributed by atoms with van der Waals surface area (Å²) < 4.78 is 54.1. The second-order valence-electron chi connectivity index (χ2n) is 2.98. The molecule has 96 valence electrons. The van der Waals surface area contributed by atoms with Gasteiger partial charge in [0.2, 0.25) is 0 Å². The fourth-order valence-corrected chi connectivity index (χ4v) is 1.74. The van der Waals surface area contributed by atoms with Gasteiger partial charge in [-0.15, -0.1) is 0 Å². The summed E-state index contributed by atoms with van der Waals surface area (Å²) in [5.41, 5.74) is -5.68. The molecular formula is C10H5F4NO2S. The van der Waals surface area contributed by atoms with Crippen LogP contribution in [0.5, 0.6) is 0 Å². The highest BCUT2D eigenvalue weighted by Gasteiger charge is 2.31. The largest absolute Gasteiger partial charge is 0.465 e. The van der Waals surface area contributed by atoms with Gasteiger partial charge < -0.3 is 4.74 Å². The number of nitrogens with zero attached hydrogens (tertiary/aromatic N) is 1. The Kier molecular flexibility index (Phi) is 4.19. The van der Waals surface area contributed by atoms with Crippen LogP contribution in [-0.4, -0.2) is 18.6 Å². The van der Waals surface area contributed by atoms with Gasteiger partial charge in [-0.25, -0.2) is 9.18 Å². The van der Waals surface area contributed by atoms with Crippen molar-refractivity contribution in [3.8, 4) is 6.07 Å². The minimum atomic E-state index is -4.65. The molecule has 0 saturated heterocycles.